The predicted octanol–water partition coefficient (Wildman–Crippen LogP) is -0.0608. The fourth-order valence-electron chi connectivity index (χ4n) is 1.19. The number of hydrogen-bond donors (Lipinski definition) is 1. The monoisotopic (exact) mass is 143 g/mol. The summed E-state index contributed by atoms with van der Waals surface area (Å²) in [5.41, 5.74) is 5.65. The third-order valence-electron chi connectivity index (χ3n) is 1.80. The minimum Gasteiger partial charge on any atom is -0.379 e. The highest BCUT2D eigenvalue weighted by Gasteiger charge is 2.25. The Morgan fingerprint density at radius 2 is 2.40 bits per heavy atom. The summed E-state index contributed by atoms with van der Waals surface area (Å²) >= 11 is 0. The zero-order valence-electron chi connectivity index (χ0n) is 6.17. The first-order valence-electron chi connectivity index (χ1n) is 3.53. The zero-order chi connectivity index (χ0) is 7.56. The SMILES string of the molecule is CC(=O)CC1COCC1N. The normalized spacial score (nSPS) is 32.6. The van der Waals surface area contributed by atoms with E-state index in [4.69, 9.17) is 10.5 Å². The number of carbonyl (C=O) groups excluding carboxylic acids is 1. The molecule has 2 atom stereocenters. The molecule has 0 spiro atoms. The summed E-state index contributed by atoms with van der Waals surface area (Å²) in [6, 6.07) is 0.0731. The van der Waals surface area contributed by atoms with Crippen LogP contribution in [0.25, 0.3) is 0 Å². The number of hydrogen-bond acceptors (Lipinski definition) is 3. The molecule has 58 valence electrons. The maximum atomic E-state index is 10.6. The van der Waals surface area contributed by atoms with E-state index in [2.05, 4.69) is 0 Å². The van der Waals surface area contributed by atoms with Crippen molar-refractivity contribution in [3.8, 4) is 0 Å². The van der Waals surface area contributed by atoms with Crippen LogP contribution in [0.4, 0.5) is 0 Å². The van der Waals surface area contributed by atoms with E-state index in [1.807, 2.05) is 0 Å². The average molecular weight is 143 g/mol. The van der Waals surface area contributed by atoms with E-state index in [1.165, 1.54) is 0 Å². The predicted molar refractivity (Wildman–Crippen MR) is 37.6 cm³/mol. The molecule has 2 unspecified atom stereocenters. The van der Waals surface area contributed by atoms with Crippen molar-refractivity contribution in [2.24, 2.45) is 11.7 Å². The number of Topliss-reactive ketones (excluding diaryl/α,β-unsaturated/α-hetero) is 1. The van der Waals surface area contributed by atoms with Crippen molar-refractivity contribution in [2.75, 3.05) is 13.2 Å². The molecule has 1 aliphatic rings. The lowest BCUT2D eigenvalue weighted by atomic mass is 9.99. The van der Waals surface area contributed by atoms with Crippen LogP contribution in [0.1, 0.15) is 13.3 Å². The van der Waals surface area contributed by atoms with Crippen LogP contribution >= 0.6 is 0 Å². The smallest absolute Gasteiger partial charge is 0.130 e. The van der Waals surface area contributed by atoms with Gasteiger partial charge in [0.15, 0.2) is 0 Å². The van der Waals surface area contributed by atoms with E-state index in [0.717, 1.165) is 0 Å². The Kier molecular flexibility index (Phi) is 2.40. The molecule has 0 bridgehead atoms. The molecule has 0 aromatic rings. The van der Waals surface area contributed by atoms with Crippen LogP contribution in [-0.4, -0.2) is 25.0 Å². The molecule has 3 nitrogen and oxygen atoms in total. The second-order valence-corrected chi connectivity index (χ2v) is 2.87. The summed E-state index contributed by atoms with van der Waals surface area (Å²) < 4.78 is 5.09. The molecule has 0 aromatic heterocycles. The Balaban J connectivity index is 2.33. The van der Waals surface area contributed by atoms with Gasteiger partial charge in [-0.3, -0.25) is 0 Å². The Labute approximate surface area is 60.5 Å². The molecule has 10 heavy (non-hydrogen) atoms. The third-order valence-corrected chi connectivity index (χ3v) is 1.80. The Morgan fingerprint density at radius 1 is 1.70 bits per heavy atom. The highest BCUT2D eigenvalue weighted by Crippen LogP contribution is 2.15. The van der Waals surface area contributed by atoms with E-state index in [9.17, 15) is 4.79 Å². The first-order valence-corrected chi connectivity index (χ1v) is 3.53. The highest BCUT2D eigenvalue weighted by molar-refractivity contribution is 5.75. The molecule has 2 N–H and O–H groups in total. The van der Waals surface area contributed by atoms with Gasteiger partial charge in [-0.2, -0.15) is 0 Å². The zero-order valence-corrected chi connectivity index (χ0v) is 6.17. The van der Waals surface area contributed by atoms with Gasteiger partial charge < -0.3 is 15.3 Å². The minimum atomic E-state index is 0.0731. The summed E-state index contributed by atoms with van der Waals surface area (Å²) in [5, 5.41) is 0. The van der Waals surface area contributed by atoms with Gasteiger partial charge in [0.1, 0.15) is 5.78 Å². The Hall–Kier alpha value is -0.410. The lowest BCUT2D eigenvalue weighted by molar-refractivity contribution is -0.118. The van der Waals surface area contributed by atoms with Gasteiger partial charge in [-0.1, -0.05) is 0 Å². The second kappa shape index (κ2) is 3.12. The van der Waals surface area contributed by atoms with Crippen molar-refractivity contribution in [3.05, 3.63) is 0 Å². The standard InChI is InChI=1S/C7H13NO2/c1-5(9)2-6-3-10-4-7(6)8/h6-7H,2-4,8H2,1H3. The molecule has 0 saturated carbocycles. The summed E-state index contributed by atoms with van der Waals surface area (Å²) in [6.07, 6.45) is 0.571. The highest BCUT2D eigenvalue weighted by atomic mass is 16.5. The molecule has 1 aliphatic heterocycles. The van der Waals surface area contributed by atoms with Crippen LogP contribution in [0.15, 0.2) is 0 Å². The molecule has 0 aromatic carbocycles. The van der Waals surface area contributed by atoms with Gasteiger partial charge >= 0.3 is 0 Å². The molecular weight excluding hydrogens is 130 g/mol. The fourth-order valence-corrected chi connectivity index (χ4v) is 1.19. The van der Waals surface area contributed by atoms with Gasteiger partial charge in [-0.15, -0.1) is 0 Å². The van der Waals surface area contributed by atoms with Gasteiger partial charge in [0.2, 0.25) is 0 Å². The maximum absolute atomic E-state index is 10.6. The molecule has 0 aliphatic carbocycles. The largest absolute Gasteiger partial charge is 0.379 e. The van der Waals surface area contributed by atoms with Crippen molar-refractivity contribution < 1.29 is 9.53 Å². The van der Waals surface area contributed by atoms with Gasteiger partial charge in [0, 0.05) is 18.4 Å². The van der Waals surface area contributed by atoms with E-state index in [1.54, 1.807) is 6.92 Å². The molecular formula is C7H13NO2. The molecule has 0 radical (unpaired) electrons. The van der Waals surface area contributed by atoms with E-state index < -0.39 is 0 Å². The van der Waals surface area contributed by atoms with E-state index in [0.29, 0.717) is 19.6 Å². The molecule has 1 rings (SSSR count). The number of nitrogens with two attached hydrogens (primary N) is 1. The lowest BCUT2D eigenvalue weighted by Crippen LogP contribution is -2.29. The first-order chi connectivity index (χ1) is 4.70. The van der Waals surface area contributed by atoms with Crippen molar-refractivity contribution in [1.82, 2.24) is 0 Å². The lowest BCUT2D eigenvalue weighted by Gasteiger charge is -2.09. The Bertz CT molecular complexity index is 136. The number of ketones is 1. The van der Waals surface area contributed by atoms with Gasteiger partial charge in [0.25, 0.3) is 0 Å². The number of carbonyl (C=O) groups is 1. The van der Waals surface area contributed by atoms with Gasteiger partial charge in [-0.05, 0) is 6.92 Å². The van der Waals surface area contributed by atoms with Crippen molar-refractivity contribution in [3.63, 3.8) is 0 Å². The topological polar surface area (TPSA) is 52.3 Å². The molecule has 0 amide bonds. The van der Waals surface area contributed by atoms with Crippen LogP contribution in [0.5, 0.6) is 0 Å². The molecule has 3 heteroatoms. The van der Waals surface area contributed by atoms with Crippen LogP contribution < -0.4 is 5.73 Å². The number of ether oxygens (including phenoxy) is 1. The summed E-state index contributed by atoms with van der Waals surface area (Å²) in [4.78, 5) is 10.6. The summed E-state index contributed by atoms with van der Waals surface area (Å²) in [6.45, 7) is 2.85. The molecule has 1 saturated heterocycles. The first kappa shape index (κ1) is 7.69. The second-order valence-electron chi connectivity index (χ2n) is 2.87. The Morgan fingerprint density at radius 3 is 2.80 bits per heavy atom. The summed E-state index contributed by atoms with van der Waals surface area (Å²) in [5.74, 6) is 0.462. The summed E-state index contributed by atoms with van der Waals surface area (Å²) in [7, 11) is 0. The van der Waals surface area contributed by atoms with Crippen molar-refractivity contribution in [2.45, 2.75) is 19.4 Å². The van der Waals surface area contributed by atoms with Crippen LogP contribution in [0.3, 0.4) is 0 Å². The fraction of sp³-hybridized carbons (Fsp3) is 0.857. The molecule has 1 fully saturated rings. The van der Waals surface area contributed by atoms with Crippen LogP contribution in [0.2, 0.25) is 0 Å². The van der Waals surface area contributed by atoms with Gasteiger partial charge in [0.05, 0.1) is 13.2 Å². The molecule has 1 heterocycles. The quantitative estimate of drug-likeness (QED) is 0.589. The van der Waals surface area contributed by atoms with Crippen molar-refractivity contribution >= 4 is 5.78 Å². The van der Waals surface area contributed by atoms with Crippen LogP contribution in [0, 0.1) is 5.92 Å². The maximum Gasteiger partial charge on any atom is 0.130 e. The van der Waals surface area contributed by atoms with Crippen LogP contribution in [-0.2, 0) is 9.53 Å². The van der Waals surface area contributed by atoms with Gasteiger partial charge in [-0.25, -0.2) is 0 Å². The van der Waals surface area contributed by atoms with E-state index >= 15 is 0 Å². The third kappa shape index (κ3) is 1.78. The minimum absolute atomic E-state index is 0.0731. The van der Waals surface area contributed by atoms with Crippen molar-refractivity contribution in [1.29, 1.82) is 0 Å². The van der Waals surface area contributed by atoms with E-state index in [-0.39, 0.29) is 17.7 Å². The average Bonchev–Trinajstić information content (AvgIpc) is 2.15. The number of rotatable bonds is 2.